The fourth-order valence-corrected chi connectivity index (χ4v) is 5.87. The van der Waals surface area contributed by atoms with Crippen LogP contribution in [-0.4, -0.2) is 22.0 Å². The number of carbonyl (C=O) groups is 2. The third kappa shape index (κ3) is 6.62. The van der Waals surface area contributed by atoms with Crippen LogP contribution in [0, 0.1) is 5.92 Å². The minimum atomic E-state index is -0.271. The predicted molar refractivity (Wildman–Crippen MR) is 143 cm³/mol. The highest BCUT2D eigenvalue weighted by Gasteiger charge is 2.22. The Bertz CT molecular complexity index is 1130. The molecular formula is C26H28ClN3O2S2. The van der Waals surface area contributed by atoms with Gasteiger partial charge in [-0.2, -0.15) is 0 Å². The fourth-order valence-electron chi connectivity index (χ4n) is 4.01. The molecule has 5 nitrogen and oxygen atoms in total. The van der Waals surface area contributed by atoms with E-state index in [0.717, 1.165) is 47.5 Å². The van der Waals surface area contributed by atoms with Crippen LogP contribution >= 0.6 is 34.7 Å². The quantitative estimate of drug-likeness (QED) is 0.306. The molecule has 2 aromatic carbocycles. The average molecular weight is 514 g/mol. The largest absolute Gasteiger partial charge is 0.326 e. The van der Waals surface area contributed by atoms with Crippen molar-refractivity contribution in [3.63, 3.8) is 0 Å². The Hall–Kier alpha value is -2.35. The molecule has 3 aromatic rings. The summed E-state index contributed by atoms with van der Waals surface area (Å²) < 4.78 is 0. The van der Waals surface area contributed by atoms with Crippen LogP contribution in [0.15, 0.2) is 58.8 Å². The van der Waals surface area contributed by atoms with E-state index in [1.165, 1.54) is 29.5 Å². The number of amides is 2. The molecule has 0 spiro atoms. The third-order valence-corrected chi connectivity index (χ3v) is 8.26. The summed E-state index contributed by atoms with van der Waals surface area (Å²) in [5, 5.41) is 8.92. The van der Waals surface area contributed by atoms with Crippen LogP contribution in [-0.2, 0) is 9.59 Å². The van der Waals surface area contributed by atoms with E-state index in [1.807, 2.05) is 60.8 Å². The zero-order valence-electron chi connectivity index (χ0n) is 19.1. The molecule has 1 atom stereocenters. The first-order chi connectivity index (χ1) is 16.5. The molecule has 1 saturated carbocycles. The Labute approximate surface area is 213 Å². The highest BCUT2D eigenvalue weighted by molar-refractivity contribution is 8.00. The molecular weight excluding hydrogens is 486 g/mol. The molecule has 0 radical (unpaired) electrons. The number of hydrogen-bond donors (Lipinski definition) is 2. The topological polar surface area (TPSA) is 71.1 Å². The summed E-state index contributed by atoms with van der Waals surface area (Å²) >= 11 is 8.86. The second-order valence-electron chi connectivity index (χ2n) is 8.40. The van der Waals surface area contributed by atoms with Crippen molar-refractivity contribution in [2.24, 2.45) is 5.92 Å². The summed E-state index contributed by atoms with van der Waals surface area (Å²) in [6.45, 7) is 1.99. The number of nitrogens with zero attached hydrogens (tertiary/aromatic N) is 1. The fraction of sp³-hybridized carbons (Fsp3) is 0.346. The van der Waals surface area contributed by atoms with Crippen LogP contribution in [0.3, 0.4) is 0 Å². The summed E-state index contributed by atoms with van der Waals surface area (Å²) in [4.78, 5) is 31.1. The van der Waals surface area contributed by atoms with Crippen molar-refractivity contribution in [1.29, 1.82) is 0 Å². The monoisotopic (exact) mass is 513 g/mol. The minimum Gasteiger partial charge on any atom is -0.326 e. The lowest BCUT2D eigenvalue weighted by Gasteiger charge is -2.21. The van der Waals surface area contributed by atoms with Crippen LogP contribution in [0.25, 0.3) is 11.3 Å². The standard InChI is InChI=1S/C26H28ClN3O2S2/c1-2-23(25(32)30-26-29-22(16-33-26)17-11-13-19(27)14-12-17)34-21-10-6-9-20(15-21)28-24(31)18-7-4-3-5-8-18/h6,9-16,18,23H,2-5,7-8H2,1H3,(H,28,31)(H,29,30,32). The van der Waals surface area contributed by atoms with Gasteiger partial charge in [-0.25, -0.2) is 4.98 Å². The van der Waals surface area contributed by atoms with Gasteiger partial charge < -0.3 is 10.6 Å². The van der Waals surface area contributed by atoms with Crippen molar-refractivity contribution in [2.45, 2.75) is 55.6 Å². The Morgan fingerprint density at radius 3 is 2.62 bits per heavy atom. The van der Waals surface area contributed by atoms with Gasteiger partial charge in [0.1, 0.15) is 0 Å². The highest BCUT2D eigenvalue weighted by Crippen LogP contribution is 2.31. The van der Waals surface area contributed by atoms with Gasteiger partial charge >= 0.3 is 0 Å². The Morgan fingerprint density at radius 1 is 1.12 bits per heavy atom. The maximum atomic E-state index is 13.0. The van der Waals surface area contributed by atoms with Gasteiger partial charge in [0.2, 0.25) is 11.8 Å². The molecule has 0 bridgehead atoms. The lowest BCUT2D eigenvalue weighted by molar-refractivity contribution is -0.120. The molecule has 1 unspecified atom stereocenters. The number of anilines is 2. The molecule has 1 aliphatic carbocycles. The lowest BCUT2D eigenvalue weighted by atomic mass is 9.88. The molecule has 1 fully saturated rings. The molecule has 0 saturated heterocycles. The van der Waals surface area contributed by atoms with E-state index < -0.39 is 0 Å². The first-order valence-corrected chi connectivity index (χ1v) is 13.8. The molecule has 1 aromatic heterocycles. The molecule has 2 N–H and O–H groups in total. The smallest absolute Gasteiger partial charge is 0.239 e. The number of thiazole rings is 1. The van der Waals surface area contributed by atoms with E-state index in [4.69, 9.17) is 11.6 Å². The molecule has 1 aliphatic rings. The van der Waals surface area contributed by atoms with Gasteiger partial charge in [0.25, 0.3) is 0 Å². The molecule has 8 heteroatoms. The number of halogens is 1. The molecule has 4 rings (SSSR count). The van der Waals surface area contributed by atoms with Crippen molar-refractivity contribution in [2.75, 3.05) is 10.6 Å². The zero-order chi connectivity index (χ0) is 23.9. The summed E-state index contributed by atoms with van der Waals surface area (Å²) in [5.41, 5.74) is 2.54. The average Bonchev–Trinajstić information content (AvgIpc) is 3.32. The third-order valence-electron chi connectivity index (χ3n) is 5.89. The van der Waals surface area contributed by atoms with E-state index in [-0.39, 0.29) is 23.0 Å². The van der Waals surface area contributed by atoms with Crippen molar-refractivity contribution in [1.82, 2.24) is 4.98 Å². The number of carbonyl (C=O) groups excluding carboxylic acids is 2. The molecule has 2 amide bonds. The van der Waals surface area contributed by atoms with E-state index in [2.05, 4.69) is 15.6 Å². The lowest BCUT2D eigenvalue weighted by Crippen LogP contribution is -2.25. The van der Waals surface area contributed by atoms with E-state index in [9.17, 15) is 9.59 Å². The van der Waals surface area contributed by atoms with E-state index in [1.54, 1.807) is 0 Å². The van der Waals surface area contributed by atoms with Crippen molar-refractivity contribution in [3.8, 4) is 11.3 Å². The summed E-state index contributed by atoms with van der Waals surface area (Å²) in [6.07, 6.45) is 6.08. The SMILES string of the molecule is CCC(Sc1cccc(NC(=O)C2CCCCC2)c1)C(=O)Nc1nc(-c2ccc(Cl)cc2)cs1. The van der Waals surface area contributed by atoms with Gasteiger partial charge in [-0.15, -0.1) is 23.1 Å². The van der Waals surface area contributed by atoms with Gasteiger partial charge in [-0.05, 0) is 49.6 Å². The second-order valence-corrected chi connectivity index (χ2v) is 11.0. The number of thioether (sulfide) groups is 1. The van der Waals surface area contributed by atoms with Gasteiger partial charge in [-0.1, -0.05) is 56.0 Å². The minimum absolute atomic E-state index is 0.0823. The van der Waals surface area contributed by atoms with Crippen LogP contribution in [0.4, 0.5) is 10.8 Å². The maximum Gasteiger partial charge on any atom is 0.239 e. The van der Waals surface area contributed by atoms with Crippen molar-refractivity contribution >= 4 is 57.3 Å². The van der Waals surface area contributed by atoms with E-state index in [0.29, 0.717) is 16.6 Å². The summed E-state index contributed by atoms with van der Waals surface area (Å²) in [6, 6.07) is 15.2. The Balaban J connectivity index is 1.36. The first kappa shape index (κ1) is 24.8. The summed E-state index contributed by atoms with van der Waals surface area (Å²) in [5.74, 6) is 0.128. The van der Waals surface area contributed by atoms with Crippen molar-refractivity contribution in [3.05, 3.63) is 58.9 Å². The van der Waals surface area contributed by atoms with Crippen LogP contribution in [0.5, 0.6) is 0 Å². The van der Waals surface area contributed by atoms with Crippen LogP contribution in [0.2, 0.25) is 5.02 Å². The van der Waals surface area contributed by atoms with E-state index >= 15 is 0 Å². The van der Waals surface area contributed by atoms with Crippen LogP contribution < -0.4 is 10.6 Å². The second kappa shape index (κ2) is 11.9. The van der Waals surface area contributed by atoms with Gasteiger partial charge in [0, 0.05) is 32.5 Å². The van der Waals surface area contributed by atoms with Gasteiger partial charge in [0.05, 0.1) is 10.9 Å². The molecule has 34 heavy (non-hydrogen) atoms. The molecule has 178 valence electrons. The Morgan fingerprint density at radius 2 is 1.88 bits per heavy atom. The first-order valence-electron chi connectivity index (χ1n) is 11.6. The molecule has 0 aliphatic heterocycles. The highest BCUT2D eigenvalue weighted by atomic mass is 35.5. The van der Waals surface area contributed by atoms with Gasteiger partial charge in [-0.3, -0.25) is 9.59 Å². The number of rotatable bonds is 8. The molecule has 1 heterocycles. The van der Waals surface area contributed by atoms with Crippen LogP contribution in [0.1, 0.15) is 45.4 Å². The number of aromatic nitrogens is 1. The number of nitrogens with one attached hydrogen (secondary N) is 2. The van der Waals surface area contributed by atoms with Gasteiger partial charge in [0.15, 0.2) is 5.13 Å². The van der Waals surface area contributed by atoms with Crippen molar-refractivity contribution < 1.29 is 9.59 Å². The zero-order valence-corrected chi connectivity index (χ0v) is 21.4. The number of benzene rings is 2. The normalized spacial score (nSPS) is 15.0. The summed E-state index contributed by atoms with van der Waals surface area (Å²) in [7, 11) is 0. The predicted octanol–water partition coefficient (Wildman–Crippen LogP) is 7.49. The maximum absolute atomic E-state index is 13.0. The number of hydrogen-bond acceptors (Lipinski definition) is 5. The Kier molecular flexibility index (Phi) is 8.64.